The number of anilines is 2. The number of carbonyl (C=O) groups is 2. The van der Waals surface area contributed by atoms with Crippen LogP contribution in [0, 0.1) is 29.1 Å². The van der Waals surface area contributed by atoms with E-state index in [1.165, 1.54) is 32.1 Å². The number of nitrogens with one attached hydrogen (secondary N) is 3. The van der Waals surface area contributed by atoms with Gasteiger partial charge in [0.15, 0.2) is 0 Å². The van der Waals surface area contributed by atoms with Crippen molar-refractivity contribution in [2.24, 2.45) is 29.1 Å². The molecule has 0 spiro atoms. The first kappa shape index (κ1) is 24.0. The SMILES string of the molecule is O=C(Nc1ccc(-c2cc3ccc(NC(=O)C45CC6CC(CC(C6)C4)C5)cc3[nH]2)cc1)C1CCCCCC1. The van der Waals surface area contributed by atoms with E-state index >= 15 is 0 Å². The Labute approximate surface area is 225 Å². The maximum absolute atomic E-state index is 13.5. The first-order valence-electron chi connectivity index (χ1n) is 14.9. The number of fused-ring (bicyclic) bond motifs is 1. The predicted molar refractivity (Wildman–Crippen MR) is 153 cm³/mol. The van der Waals surface area contributed by atoms with Gasteiger partial charge in [-0.05, 0) is 105 Å². The maximum Gasteiger partial charge on any atom is 0.230 e. The van der Waals surface area contributed by atoms with Gasteiger partial charge in [0.05, 0.1) is 5.41 Å². The Morgan fingerprint density at radius 2 is 1.37 bits per heavy atom. The van der Waals surface area contributed by atoms with Gasteiger partial charge in [0.25, 0.3) is 0 Å². The Kier molecular flexibility index (Phi) is 6.05. The Balaban J connectivity index is 1.03. The van der Waals surface area contributed by atoms with Crippen molar-refractivity contribution in [3.63, 3.8) is 0 Å². The largest absolute Gasteiger partial charge is 0.354 e. The molecule has 0 radical (unpaired) electrons. The third kappa shape index (κ3) is 4.54. The molecule has 5 nitrogen and oxygen atoms in total. The van der Waals surface area contributed by atoms with Crippen molar-refractivity contribution >= 4 is 34.1 Å². The lowest BCUT2D eigenvalue weighted by Crippen LogP contribution is -2.51. The Hall–Kier alpha value is -3.08. The van der Waals surface area contributed by atoms with Crippen LogP contribution < -0.4 is 10.6 Å². The summed E-state index contributed by atoms with van der Waals surface area (Å²) >= 11 is 0. The van der Waals surface area contributed by atoms with Gasteiger partial charge in [0.1, 0.15) is 0 Å². The summed E-state index contributed by atoms with van der Waals surface area (Å²) in [6, 6.07) is 16.4. The number of aromatic nitrogens is 1. The zero-order chi connectivity index (χ0) is 25.7. The first-order valence-corrected chi connectivity index (χ1v) is 14.9. The van der Waals surface area contributed by atoms with Crippen molar-refractivity contribution in [2.45, 2.75) is 77.0 Å². The van der Waals surface area contributed by atoms with Gasteiger partial charge in [-0.1, -0.05) is 43.9 Å². The van der Waals surface area contributed by atoms with Crippen LogP contribution in [-0.2, 0) is 9.59 Å². The molecule has 2 amide bonds. The molecule has 1 aromatic heterocycles. The van der Waals surface area contributed by atoms with Crippen molar-refractivity contribution in [3.8, 4) is 11.3 Å². The Morgan fingerprint density at radius 1 is 0.737 bits per heavy atom. The highest BCUT2D eigenvalue weighted by atomic mass is 16.2. The van der Waals surface area contributed by atoms with Gasteiger partial charge < -0.3 is 15.6 Å². The quantitative estimate of drug-likeness (QED) is 0.306. The van der Waals surface area contributed by atoms with Crippen molar-refractivity contribution < 1.29 is 9.59 Å². The third-order valence-electron chi connectivity index (χ3n) is 10.1. The van der Waals surface area contributed by atoms with Crippen molar-refractivity contribution in [1.29, 1.82) is 0 Å². The molecule has 0 atom stereocenters. The number of H-pyrrole nitrogens is 1. The summed E-state index contributed by atoms with van der Waals surface area (Å²) in [5, 5.41) is 7.55. The van der Waals surface area contributed by atoms with Crippen LogP contribution in [0.5, 0.6) is 0 Å². The summed E-state index contributed by atoms with van der Waals surface area (Å²) in [4.78, 5) is 29.8. The zero-order valence-electron chi connectivity index (χ0n) is 22.2. The molecule has 2 aromatic carbocycles. The van der Waals surface area contributed by atoms with Crippen LogP contribution in [0.4, 0.5) is 11.4 Å². The van der Waals surface area contributed by atoms with E-state index in [1.807, 2.05) is 18.2 Å². The fourth-order valence-electron chi connectivity index (χ4n) is 8.53. The van der Waals surface area contributed by atoms with Crippen molar-refractivity contribution in [1.82, 2.24) is 4.98 Å². The molecule has 4 bridgehead atoms. The second-order valence-corrected chi connectivity index (χ2v) is 12.9. The lowest BCUT2D eigenvalue weighted by atomic mass is 9.49. The van der Waals surface area contributed by atoms with Crippen LogP contribution >= 0.6 is 0 Å². The molecule has 5 saturated carbocycles. The van der Waals surface area contributed by atoms with Crippen LogP contribution in [0.3, 0.4) is 0 Å². The highest BCUT2D eigenvalue weighted by molar-refractivity contribution is 5.98. The minimum Gasteiger partial charge on any atom is -0.354 e. The molecule has 0 unspecified atom stereocenters. The van der Waals surface area contributed by atoms with Crippen LogP contribution in [0.2, 0.25) is 0 Å². The van der Waals surface area contributed by atoms with Gasteiger partial charge in [-0.25, -0.2) is 0 Å². The highest BCUT2D eigenvalue weighted by Gasteiger charge is 2.54. The molecule has 0 saturated heterocycles. The van der Waals surface area contributed by atoms with Gasteiger partial charge in [-0.2, -0.15) is 0 Å². The normalized spacial score (nSPS) is 28.8. The molecule has 3 aromatic rings. The third-order valence-corrected chi connectivity index (χ3v) is 10.1. The smallest absolute Gasteiger partial charge is 0.230 e. The number of benzene rings is 2. The first-order chi connectivity index (χ1) is 18.5. The molecular weight excluding hydrogens is 470 g/mol. The lowest BCUT2D eigenvalue weighted by molar-refractivity contribution is -0.140. The van der Waals surface area contributed by atoms with E-state index in [0.29, 0.717) is 0 Å². The maximum atomic E-state index is 13.5. The van der Waals surface area contributed by atoms with E-state index < -0.39 is 0 Å². The minimum absolute atomic E-state index is 0.141. The molecule has 1 heterocycles. The molecule has 8 rings (SSSR count). The van der Waals surface area contributed by atoms with Crippen LogP contribution in [-0.4, -0.2) is 16.8 Å². The van der Waals surface area contributed by atoms with Gasteiger partial charge in [-0.15, -0.1) is 0 Å². The number of rotatable bonds is 5. The lowest BCUT2D eigenvalue weighted by Gasteiger charge is -2.55. The van der Waals surface area contributed by atoms with Gasteiger partial charge in [0.2, 0.25) is 11.8 Å². The minimum atomic E-state index is -0.141. The van der Waals surface area contributed by atoms with E-state index in [0.717, 1.165) is 96.2 Å². The molecule has 5 aliphatic carbocycles. The number of carbonyl (C=O) groups excluding carboxylic acids is 2. The van der Waals surface area contributed by atoms with Gasteiger partial charge in [-0.3, -0.25) is 9.59 Å². The highest BCUT2D eigenvalue weighted by Crippen LogP contribution is 2.60. The second kappa shape index (κ2) is 9.59. The Morgan fingerprint density at radius 3 is 2.03 bits per heavy atom. The number of hydrogen-bond acceptors (Lipinski definition) is 2. The molecule has 38 heavy (non-hydrogen) atoms. The summed E-state index contributed by atoms with van der Waals surface area (Å²) in [5.74, 6) is 2.83. The van der Waals surface area contributed by atoms with Crippen molar-refractivity contribution in [2.75, 3.05) is 10.6 Å². The second-order valence-electron chi connectivity index (χ2n) is 12.9. The summed E-state index contributed by atoms with van der Waals surface area (Å²) < 4.78 is 0. The summed E-state index contributed by atoms with van der Waals surface area (Å²) in [6.45, 7) is 0. The van der Waals surface area contributed by atoms with Crippen LogP contribution in [0.1, 0.15) is 77.0 Å². The van der Waals surface area contributed by atoms with Crippen LogP contribution in [0.25, 0.3) is 22.2 Å². The van der Waals surface area contributed by atoms with Gasteiger partial charge in [0, 0.05) is 33.9 Å². The van der Waals surface area contributed by atoms with E-state index in [-0.39, 0.29) is 23.1 Å². The summed E-state index contributed by atoms with van der Waals surface area (Å²) in [6.07, 6.45) is 14.1. The van der Waals surface area contributed by atoms with Crippen LogP contribution in [0.15, 0.2) is 48.5 Å². The van der Waals surface area contributed by atoms with Gasteiger partial charge >= 0.3 is 0 Å². The van der Waals surface area contributed by atoms with E-state index in [1.54, 1.807) is 0 Å². The standard InChI is InChI=1S/C33H39N3O2/c37-31(25-5-3-1-2-4-6-25)34-27-10-7-24(8-11-27)29-16-26-9-12-28(17-30(26)36-29)35-32(38)33-18-21-13-22(19-33)15-23(14-21)20-33/h7-12,16-17,21-23,25,36H,1-6,13-15,18-20H2,(H,34,37)(H,35,38). The number of hydrogen-bond donors (Lipinski definition) is 3. The number of aromatic amines is 1. The monoisotopic (exact) mass is 509 g/mol. The number of amides is 2. The van der Waals surface area contributed by atoms with E-state index in [2.05, 4.69) is 45.9 Å². The average Bonchev–Trinajstić information content (AvgIpc) is 3.12. The van der Waals surface area contributed by atoms with E-state index in [4.69, 9.17) is 0 Å². The topological polar surface area (TPSA) is 74.0 Å². The molecule has 5 aliphatic rings. The molecule has 5 heteroatoms. The van der Waals surface area contributed by atoms with Crippen molar-refractivity contribution in [3.05, 3.63) is 48.5 Å². The van der Waals surface area contributed by atoms with E-state index in [9.17, 15) is 9.59 Å². The average molecular weight is 510 g/mol. The molecule has 3 N–H and O–H groups in total. The zero-order valence-corrected chi connectivity index (χ0v) is 22.2. The molecule has 5 fully saturated rings. The summed E-state index contributed by atoms with van der Waals surface area (Å²) in [7, 11) is 0. The molecule has 198 valence electrons. The molecule has 0 aliphatic heterocycles. The Bertz CT molecular complexity index is 1310. The fourth-order valence-corrected chi connectivity index (χ4v) is 8.53. The fraction of sp³-hybridized carbons (Fsp3) is 0.515. The summed E-state index contributed by atoms with van der Waals surface area (Å²) in [5.41, 5.74) is 4.72. The molecular formula is C33H39N3O2. The predicted octanol–water partition coefficient (Wildman–Crippen LogP) is 7.90.